The third-order valence-electron chi connectivity index (χ3n) is 0.755. The van der Waals surface area contributed by atoms with Crippen molar-refractivity contribution >= 4 is 12.0 Å². The van der Waals surface area contributed by atoms with Crippen LogP contribution < -0.4 is 11.5 Å². The number of nitrogens with two attached hydrogens (primary N) is 2. The SMILES string of the molecule is CC(C)(C)OC(N)=O.CCC(N)=O. The number of hydrogen-bond donors (Lipinski definition) is 2. The van der Waals surface area contributed by atoms with E-state index >= 15 is 0 Å². The molecule has 0 radical (unpaired) electrons. The summed E-state index contributed by atoms with van der Waals surface area (Å²) in [5, 5.41) is 0. The minimum absolute atomic E-state index is 0.245. The molecule has 0 aromatic heterocycles. The molecule has 13 heavy (non-hydrogen) atoms. The molecule has 0 saturated heterocycles. The van der Waals surface area contributed by atoms with Gasteiger partial charge in [0.25, 0.3) is 0 Å². The number of carbonyl (C=O) groups excluding carboxylic acids is 2. The maximum Gasteiger partial charge on any atom is 0.405 e. The second-order valence-electron chi connectivity index (χ2n) is 3.35. The largest absolute Gasteiger partial charge is 0.444 e. The molecular weight excluding hydrogens is 172 g/mol. The number of rotatable bonds is 1. The highest BCUT2D eigenvalue weighted by molar-refractivity contribution is 5.73. The maximum absolute atomic E-state index is 10.0. The Morgan fingerprint density at radius 1 is 1.23 bits per heavy atom. The highest BCUT2D eigenvalue weighted by Gasteiger charge is 2.12. The maximum atomic E-state index is 10.0. The van der Waals surface area contributed by atoms with Crippen molar-refractivity contribution in [2.75, 3.05) is 0 Å². The van der Waals surface area contributed by atoms with Gasteiger partial charge in [-0.25, -0.2) is 4.79 Å². The van der Waals surface area contributed by atoms with E-state index in [2.05, 4.69) is 10.5 Å². The van der Waals surface area contributed by atoms with Gasteiger partial charge in [-0.3, -0.25) is 4.79 Å². The van der Waals surface area contributed by atoms with Crippen LogP contribution >= 0.6 is 0 Å². The molecule has 0 saturated carbocycles. The molecule has 2 amide bonds. The smallest absolute Gasteiger partial charge is 0.405 e. The fourth-order valence-electron chi connectivity index (χ4n) is 0.302. The van der Waals surface area contributed by atoms with Crippen molar-refractivity contribution in [3.63, 3.8) is 0 Å². The third-order valence-corrected chi connectivity index (χ3v) is 0.755. The lowest BCUT2D eigenvalue weighted by molar-refractivity contribution is -0.117. The fraction of sp³-hybridized carbons (Fsp3) is 0.750. The van der Waals surface area contributed by atoms with Crippen molar-refractivity contribution in [3.8, 4) is 0 Å². The zero-order valence-corrected chi connectivity index (χ0v) is 8.59. The van der Waals surface area contributed by atoms with Gasteiger partial charge in [-0.05, 0) is 20.8 Å². The van der Waals surface area contributed by atoms with Crippen LogP contribution in [0.5, 0.6) is 0 Å². The summed E-state index contributed by atoms with van der Waals surface area (Å²) in [5.41, 5.74) is 8.92. The molecule has 0 atom stereocenters. The first-order chi connectivity index (χ1) is 5.69. The van der Waals surface area contributed by atoms with Gasteiger partial charge in [-0.15, -0.1) is 0 Å². The zero-order chi connectivity index (χ0) is 11.1. The molecule has 0 spiro atoms. The Balaban J connectivity index is 0. The van der Waals surface area contributed by atoms with Crippen LogP contribution in [0.4, 0.5) is 4.79 Å². The van der Waals surface area contributed by atoms with Crippen molar-refractivity contribution < 1.29 is 14.3 Å². The Labute approximate surface area is 78.4 Å². The van der Waals surface area contributed by atoms with Gasteiger partial charge >= 0.3 is 6.09 Å². The van der Waals surface area contributed by atoms with Gasteiger partial charge in [0.2, 0.25) is 5.91 Å². The van der Waals surface area contributed by atoms with Gasteiger partial charge in [0.05, 0.1) is 0 Å². The Hall–Kier alpha value is -1.26. The topological polar surface area (TPSA) is 95.4 Å². The summed E-state index contributed by atoms with van der Waals surface area (Å²) < 4.78 is 4.58. The number of ether oxygens (including phenoxy) is 1. The summed E-state index contributed by atoms with van der Waals surface area (Å²) in [4.78, 5) is 19.6. The van der Waals surface area contributed by atoms with Gasteiger partial charge in [-0.2, -0.15) is 0 Å². The third kappa shape index (κ3) is 24.9. The van der Waals surface area contributed by atoms with E-state index in [0.29, 0.717) is 6.42 Å². The van der Waals surface area contributed by atoms with Crippen molar-refractivity contribution in [2.24, 2.45) is 11.5 Å². The summed E-state index contributed by atoms with van der Waals surface area (Å²) in [5.74, 6) is -0.245. The minimum atomic E-state index is -0.725. The van der Waals surface area contributed by atoms with Crippen LogP contribution in [0, 0.1) is 0 Å². The lowest BCUT2D eigenvalue weighted by Gasteiger charge is -2.16. The molecule has 5 heteroatoms. The second-order valence-corrected chi connectivity index (χ2v) is 3.35. The standard InChI is InChI=1S/C5H11NO2.C3H7NO/c1-5(2,3)8-4(6)7;1-2-3(4)5/h1-3H3,(H2,6,7);2H2,1H3,(H2,4,5). The Morgan fingerprint density at radius 2 is 1.54 bits per heavy atom. The van der Waals surface area contributed by atoms with E-state index in [4.69, 9.17) is 5.73 Å². The van der Waals surface area contributed by atoms with E-state index < -0.39 is 11.7 Å². The van der Waals surface area contributed by atoms with E-state index in [9.17, 15) is 9.59 Å². The summed E-state index contributed by atoms with van der Waals surface area (Å²) in [6.07, 6.45) is -0.280. The summed E-state index contributed by atoms with van der Waals surface area (Å²) in [6, 6.07) is 0. The molecule has 0 unspecified atom stereocenters. The molecule has 0 aromatic carbocycles. The molecule has 0 fully saturated rings. The Bertz CT molecular complexity index is 173. The van der Waals surface area contributed by atoms with E-state index in [0.717, 1.165) is 0 Å². The predicted molar refractivity (Wildman–Crippen MR) is 49.9 cm³/mol. The van der Waals surface area contributed by atoms with Crippen molar-refractivity contribution in [2.45, 2.75) is 39.7 Å². The van der Waals surface area contributed by atoms with Gasteiger partial charge in [0.15, 0.2) is 0 Å². The van der Waals surface area contributed by atoms with E-state index in [-0.39, 0.29) is 5.91 Å². The molecule has 0 aromatic rings. The van der Waals surface area contributed by atoms with Gasteiger partial charge in [0.1, 0.15) is 5.60 Å². The Morgan fingerprint density at radius 3 is 1.54 bits per heavy atom. The predicted octanol–water partition coefficient (Wildman–Crippen LogP) is 0.762. The molecule has 4 N–H and O–H groups in total. The van der Waals surface area contributed by atoms with Crippen molar-refractivity contribution in [1.29, 1.82) is 0 Å². The van der Waals surface area contributed by atoms with E-state index in [1.807, 2.05) is 0 Å². The second kappa shape index (κ2) is 6.28. The molecule has 78 valence electrons. The summed E-state index contributed by atoms with van der Waals surface area (Å²) in [7, 11) is 0. The normalized spacial score (nSPS) is 9.54. The van der Waals surface area contributed by atoms with Gasteiger partial charge < -0.3 is 16.2 Å². The molecule has 0 rings (SSSR count). The monoisotopic (exact) mass is 190 g/mol. The highest BCUT2D eigenvalue weighted by atomic mass is 16.6. The van der Waals surface area contributed by atoms with E-state index in [1.54, 1.807) is 27.7 Å². The molecule has 0 heterocycles. The number of amides is 2. The highest BCUT2D eigenvalue weighted by Crippen LogP contribution is 2.04. The van der Waals surface area contributed by atoms with Crippen LogP contribution in [0.1, 0.15) is 34.1 Å². The molecular formula is C8H18N2O3. The molecule has 5 nitrogen and oxygen atoms in total. The molecule has 0 aliphatic carbocycles. The fourth-order valence-corrected chi connectivity index (χ4v) is 0.302. The van der Waals surface area contributed by atoms with Crippen LogP contribution in [0.3, 0.4) is 0 Å². The first-order valence-electron chi connectivity index (χ1n) is 3.95. The minimum Gasteiger partial charge on any atom is -0.444 e. The van der Waals surface area contributed by atoms with Gasteiger partial charge in [-0.1, -0.05) is 6.92 Å². The number of primary amides is 2. The Kier molecular flexibility index (Phi) is 6.89. The molecule has 0 aliphatic rings. The lowest BCUT2D eigenvalue weighted by Crippen LogP contribution is -2.27. The van der Waals surface area contributed by atoms with Crippen molar-refractivity contribution in [1.82, 2.24) is 0 Å². The van der Waals surface area contributed by atoms with Crippen LogP contribution in [-0.2, 0) is 9.53 Å². The van der Waals surface area contributed by atoms with Gasteiger partial charge in [0, 0.05) is 6.42 Å². The average molecular weight is 190 g/mol. The number of hydrogen-bond acceptors (Lipinski definition) is 3. The lowest BCUT2D eigenvalue weighted by atomic mass is 10.2. The quantitative estimate of drug-likeness (QED) is 0.639. The first kappa shape index (κ1) is 14.3. The van der Waals surface area contributed by atoms with Crippen LogP contribution in [0.2, 0.25) is 0 Å². The van der Waals surface area contributed by atoms with Crippen LogP contribution in [-0.4, -0.2) is 17.6 Å². The average Bonchev–Trinajstić information content (AvgIpc) is 1.83. The zero-order valence-electron chi connectivity index (χ0n) is 8.59. The molecule has 0 aliphatic heterocycles. The summed E-state index contributed by atoms with van der Waals surface area (Å²) >= 11 is 0. The molecule has 0 bridgehead atoms. The van der Waals surface area contributed by atoms with Crippen molar-refractivity contribution in [3.05, 3.63) is 0 Å². The van der Waals surface area contributed by atoms with E-state index in [1.165, 1.54) is 0 Å². The first-order valence-corrected chi connectivity index (χ1v) is 3.95. The van der Waals surface area contributed by atoms with Crippen LogP contribution in [0.15, 0.2) is 0 Å². The van der Waals surface area contributed by atoms with Crippen LogP contribution in [0.25, 0.3) is 0 Å². The summed E-state index contributed by atoms with van der Waals surface area (Å²) in [6.45, 7) is 7.01. The number of carbonyl (C=O) groups is 2.